The van der Waals surface area contributed by atoms with Crippen LogP contribution in [0.1, 0.15) is 47.8 Å². The smallest absolute Gasteiger partial charge is 0.349 e. The number of ether oxygens (including phenoxy) is 1. The number of hydrogen-bond donors (Lipinski definition) is 1. The Kier molecular flexibility index (Phi) is 5.62. The van der Waals surface area contributed by atoms with E-state index in [1.807, 2.05) is 12.1 Å². The average molecular weight is 446 g/mol. The van der Waals surface area contributed by atoms with Crippen LogP contribution in [-0.2, 0) is 7.05 Å². The van der Waals surface area contributed by atoms with Gasteiger partial charge in [0.15, 0.2) is 11.3 Å². The molecule has 1 N–H and O–H groups in total. The summed E-state index contributed by atoms with van der Waals surface area (Å²) in [5.41, 5.74) is 1.91. The van der Waals surface area contributed by atoms with Crippen LogP contribution in [0.5, 0.6) is 5.75 Å². The molecule has 0 unspecified atom stereocenters. The second-order valence-electron chi connectivity index (χ2n) is 8.77. The van der Waals surface area contributed by atoms with Crippen molar-refractivity contribution in [3.05, 3.63) is 70.3 Å². The second kappa shape index (κ2) is 8.73. The molecular formula is C26H27N3O4. The Bertz CT molecular complexity index is 1380. The lowest BCUT2D eigenvalue weighted by molar-refractivity contribution is 0.0939. The molecule has 7 heteroatoms. The van der Waals surface area contributed by atoms with E-state index in [1.165, 1.54) is 7.11 Å². The summed E-state index contributed by atoms with van der Waals surface area (Å²) in [6.45, 7) is 0.545. The maximum atomic E-state index is 12.7. The van der Waals surface area contributed by atoms with Gasteiger partial charge in [-0.1, -0.05) is 24.3 Å². The van der Waals surface area contributed by atoms with Crippen LogP contribution in [0.25, 0.3) is 22.0 Å². The van der Waals surface area contributed by atoms with Crippen LogP contribution in [0.3, 0.4) is 0 Å². The summed E-state index contributed by atoms with van der Waals surface area (Å²) < 4.78 is 12.8. The Hall–Kier alpha value is -3.61. The van der Waals surface area contributed by atoms with Crippen molar-refractivity contribution in [3.63, 3.8) is 0 Å². The number of nitrogens with one attached hydrogen (secondary N) is 1. The number of hydrogen-bond acceptors (Lipinski definition) is 5. The monoisotopic (exact) mass is 445 g/mol. The van der Waals surface area contributed by atoms with Gasteiger partial charge in [-0.05, 0) is 55.9 Å². The molecular weight excluding hydrogens is 418 g/mol. The van der Waals surface area contributed by atoms with E-state index in [2.05, 4.69) is 29.1 Å². The molecule has 7 nitrogen and oxygen atoms in total. The highest BCUT2D eigenvalue weighted by atomic mass is 16.5. The number of amides is 1. The van der Waals surface area contributed by atoms with E-state index in [-0.39, 0.29) is 5.56 Å². The number of aryl methyl sites for hydroxylation is 1. The van der Waals surface area contributed by atoms with Crippen molar-refractivity contribution in [2.75, 3.05) is 13.7 Å². The van der Waals surface area contributed by atoms with E-state index in [9.17, 15) is 9.59 Å². The molecule has 1 amide bonds. The Morgan fingerprint density at radius 3 is 2.70 bits per heavy atom. The van der Waals surface area contributed by atoms with Gasteiger partial charge >= 0.3 is 5.63 Å². The van der Waals surface area contributed by atoms with Crippen LogP contribution in [-0.4, -0.2) is 29.1 Å². The van der Waals surface area contributed by atoms with E-state index in [4.69, 9.17) is 14.1 Å². The van der Waals surface area contributed by atoms with Crippen molar-refractivity contribution in [1.82, 2.24) is 14.9 Å². The molecule has 2 heterocycles. The number of aromatic nitrogens is 2. The third-order valence-electron chi connectivity index (χ3n) is 6.77. The molecule has 2 aromatic carbocycles. The van der Waals surface area contributed by atoms with E-state index < -0.39 is 11.5 Å². The number of carbonyl (C=O) groups is 1. The number of carbonyl (C=O) groups excluding carboxylic acids is 1. The average Bonchev–Trinajstić information content (AvgIpc) is 3.18. The third kappa shape index (κ3) is 3.99. The zero-order chi connectivity index (χ0) is 22.9. The van der Waals surface area contributed by atoms with E-state index in [0.717, 1.165) is 42.5 Å². The summed E-state index contributed by atoms with van der Waals surface area (Å²) >= 11 is 0. The summed E-state index contributed by atoms with van der Waals surface area (Å²) in [6, 6.07) is 15.1. The number of methoxy groups -OCH3 is 1. The maximum Gasteiger partial charge on any atom is 0.349 e. The molecule has 0 atom stereocenters. The van der Waals surface area contributed by atoms with Crippen LogP contribution in [0.15, 0.2) is 57.7 Å². The van der Waals surface area contributed by atoms with Crippen LogP contribution in [0.4, 0.5) is 0 Å². The Morgan fingerprint density at radius 2 is 1.94 bits per heavy atom. The van der Waals surface area contributed by atoms with Crippen molar-refractivity contribution in [3.8, 4) is 5.75 Å². The van der Waals surface area contributed by atoms with Crippen molar-refractivity contribution in [2.45, 2.75) is 31.6 Å². The van der Waals surface area contributed by atoms with Gasteiger partial charge in [0.2, 0.25) is 0 Å². The van der Waals surface area contributed by atoms with Crippen LogP contribution >= 0.6 is 0 Å². The van der Waals surface area contributed by atoms with E-state index in [0.29, 0.717) is 35.1 Å². The highest BCUT2D eigenvalue weighted by molar-refractivity contribution is 5.97. The molecule has 2 aromatic heterocycles. The molecule has 0 bridgehead atoms. The van der Waals surface area contributed by atoms with E-state index >= 15 is 0 Å². The summed E-state index contributed by atoms with van der Waals surface area (Å²) in [4.78, 5) is 30.0. The molecule has 170 valence electrons. The number of imidazole rings is 1. The van der Waals surface area contributed by atoms with Crippen molar-refractivity contribution in [2.24, 2.45) is 13.0 Å². The highest BCUT2D eigenvalue weighted by Gasteiger charge is 2.26. The fourth-order valence-corrected chi connectivity index (χ4v) is 4.92. The molecule has 0 aliphatic heterocycles. The van der Waals surface area contributed by atoms with Crippen LogP contribution in [0, 0.1) is 5.92 Å². The minimum atomic E-state index is -0.657. The summed E-state index contributed by atoms with van der Waals surface area (Å²) in [5.74, 6) is 2.02. The zero-order valence-electron chi connectivity index (χ0n) is 18.8. The molecule has 1 saturated carbocycles. The minimum Gasteiger partial charge on any atom is -0.493 e. The molecule has 0 spiro atoms. The van der Waals surface area contributed by atoms with Gasteiger partial charge in [-0.3, -0.25) is 4.79 Å². The van der Waals surface area contributed by atoms with Gasteiger partial charge in [-0.25, -0.2) is 9.78 Å². The van der Waals surface area contributed by atoms with Gasteiger partial charge in [0, 0.05) is 24.9 Å². The van der Waals surface area contributed by atoms with Crippen molar-refractivity contribution in [1.29, 1.82) is 0 Å². The van der Waals surface area contributed by atoms with E-state index in [1.54, 1.807) is 24.3 Å². The Labute approximate surface area is 191 Å². The number of para-hydroxylation sites is 3. The second-order valence-corrected chi connectivity index (χ2v) is 8.77. The first-order valence-electron chi connectivity index (χ1n) is 11.4. The fraction of sp³-hybridized carbons (Fsp3) is 0.346. The molecule has 4 aromatic rings. The van der Waals surface area contributed by atoms with Gasteiger partial charge in [-0.15, -0.1) is 0 Å². The minimum absolute atomic E-state index is 0.0177. The Balaban J connectivity index is 1.22. The molecule has 1 aliphatic rings. The van der Waals surface area contributed by atoms with Gasteiger partial charge < -0.3 is 19.0 Å². The number of rotatable bonds is 5. The molecule has 0 saturated heterocycles. The normalized spacial score (nSPS) is 18.5. The maximum absolute atomic E-state index is 12.7. The molecule has 1 fully saturated rings. The number of fused-ring (bicyclic) bond motifs is 2. The predicted octanol–water partition coefficient (Wildman–Crippen LogP) is 4.39. The Morgan fingerprint density at radius 1 is 1.15 bits per heavy atom. The van der Waals surface area contributed by atoms with Crippen LogP contribution in [0.2, 0.25) is 0 Å². The van der Waals surface area contributed by atoms with Gasteiger partial charge in [0.1, 0.15) is 11.4 Å². The lowest BCUT2D eigenvalue weighted by Gasteiger charge is -2.28. The van der Waals surface area contributed by atoms with Crippen molar-refractivity contribution >= 4 is 27.9 Å². The summed E-state index contributed by atoms with van der Waals surface area (Å²) in [7, 11) is 3.60. The quantitative estimate of drug-likeness (QED) is 0.461. The SMILES string of the molecule is COc1cccc2cc(C(=O)NCC3CCC(c4nc5ccccc5n4C)CC3)c(=O)oc12. The van der Waals surface area contributed by atoms with Crippen molar-refractivity contribution < 1.29 is 13.9 Å². The third-order valence-corrected chi connectivity index (χ3v) is 6.77. The predicted molar refractivity (Wildman–Crippen MR) is 127 cm³/mol. The molecule has 5 rings (SSSR count). The topological polar surface area (TPSA) is 86.4 Å². The molecule has 0 radical (unpaired) electrons. The zero-order valence-corrected chi connectivity index (χ0v) is 18.8. The summed E-state index contributed by atoms with van der Waals surface area (Å²) in [6.07, 6.45) is 4.10. The molecule has 33 heavy (non-hydrogen) atoms. The van der Waals surface area contributed by atoms with Crippen LogP contribution < -0.4 is 15.7 Å². The lowest BCUT2D eigenvalue weighted by atomic mass is 9.81. The lowest BCUT2D eigenvalue weighted by Crippen LogP contribution is -2.33. The first-order valence-corrected chi connectivity index (χ1v) is 11.4. The molecule has 1 aliphatic carbocycles. The standard InChI is InChI=1S/C26H27N3O4/c1-29-21-8-4-3-7-20(21)28-24(29)17-12-10-16(11-13-17)15-27-25(30)19-14-18-6-5-9-22(32-2)23(18)33-26(19)31/h3-9,14,16-17H,10-13,15H2,1-2H3,(H,27,30). The first-order chi connectivity index (χ1) is 16.0. The van der Waals surface area contributed by atoms with Gasteiger partial charge in [0.05, 0.1) is 18.1 Å². The summed E-state index contributed by atoms with van der Waals surface area (Å²) in [5, 5.41) is 3.59. The highest BCUT2D eigenvalue weighted by Crippen LogP contribution is 2.36. The number of benzene rings is 2. The van der Waals surface area contributed by atoms with Gasteiger partial charge in [0.25, 0.3) is 5.91 Å². The number of nitrogens with zero attached hydrogens (tertiary/aromatic N) is 2. The fourth-order valence-electron chi connectivity index (χ4n) is 4.92. The van der Waals surface area contributed by atoms with Gasteiger partial charge in [-0.2, -0.15) is 0 Å². The largest absolute Gasteiger partial charge is 0.493 e. The first kappa shape index (κ1) is 21.2.